The Kier molecular flexibility index (Phi) is 6.58. The molecule has 0 aromatic carbocycles. The van der Waals surface area contributed by atoms with E-state index in [0.717, 1.165) is 36.8 Å². The number of hydrogen-bond donors (Lipinski definition) is 1. The van der Waals surface area contributed by atoms with Gasteiger partial charge in [0.15, 0.2) is 12.4 Å². The zero-order chi connectivity index (χ0) is 13.4. The highest BCUT2D eigenvalue weighted by Gasteiger charge is 2.41. The first-order valence-electron chi connectivity index (χ1n) is 7.38. The van der Waals surface area contributed by atoms with E-state index < -0.39 is 0 Å². The molecule has 3 nitrogen and oxygen atoms in total. The third-order valence-electron chi connectivity index (χ3n) is 4.08. The van der Waals surface area contributed by atoms with E-state index in [2.05, 4.69) is 31.0 Å². The van der Waals surface area contributed by atoms with Crippen LogP contribution in [-0.4, -0.2) is 41.3 Å². The summed E-state index contributed by atoms with van der Waals surface area (Å²) in [5.74, 6) is 0. The molecule has 1 N–H and O–H groups in total. The molecule has 3 heteroatoms. The highest BCUT2D eigenvalue weighted by Crippen LogP contribution is 2.26. The minimum absolute atomic E-state index is 0.259. The van der Waals surface area contributed by atoms with Crippen molar-refractivity contribution >= 4 is 6.21 Å². The van der Waals surface area contributed by atoms with E-state index in [4.69, 9.17) is 0 Å². The molecule has 0 bridgehead atoms. The maximum atomic E-state index is 10.0. The molecule has 0 amide bonds. The fourth-order valence-electron chi connectivity index (χ4n) is 2.73. The summed E-state index contributed by atoms with van der Waals surface area (Å²) in [6.45, 7) is 8.08. The van der Waals surface area contributed by atoms with Crippen molar-refractivity contribution in [2.24, 2.45) is 4.99 Å². The predicted octanol–water partition coefficient (Wildman–Crippen LogP) is 3.10. The Morgan fingerprint density at radius 1 is 1.39 bits per heavy atom. The van der Waals surface area contributed by atoms with Crippen LogP contribution >= 0.6 is 0 Å². The van der Waals surface area contributed by atoms with E-state index >= 15 is 0 Å². The van der Waals surface area contributed by atoms with Gasteiger partial charge in [0.25, 0.3) is 0 Å². The second-order valence-corrected chi connectivity index (χ2v) is 5.24. The molecule has 0 aromatic heterocycles. The van der Waals surface area contributed by atoms with Crippen LogP contribution in [-0.2, 0) is 0 Å². The van der Waals surface area contributed by atoms with Gasteiger partial charge in [0.1, 0.15) is 6.54 Å². The number of unbranched alkanes of at least 4 members (excludes halogenated alkanes) is 2. The van der Waals surface area contributed by atoms with Crippen LogP contribution in [0.15, 0.2) is 17.1 Å². The van der Waals surface area contributed by atoms with Gasteiger partial charge in [0, 0.05) is 13.3 Å². The molecule has 1 aliphatic rings. The third kappa shape index (κ3) is 3.66. The molecule has 0 spiro atoms. The molecule has 18 heavy (non-hydrogen) atoms. The molecular formula is C15H29N2O+. The first kappa shape index (κ1) is 15.4. The second kappa shape index (κ2) is 7.70. The Bertz CT molecular complexity index is 286. The first-order chi connectivity index (χ1) is 8.67. The van der Waals surface area contributed by atoms with Gasteiger partial charge in [-0.1, -0.05) is 25.5 Å². The average molecular weight is 253 g/mol. The number of aliphatic imine (C=N–C) groups is 1. The van der Waals surface area contributed by atoms with Crippen LogP contribution in [0.4, 0.5) is 0 Å². The topological polar surface area (TPSA) is 32.6 Å². The Morgan fingerprint density at radius 2 is 2.11 bits per heavy atom. The van der Waals surface area contributed by atoms with E-state index in [1.807, 2.05) is 13.1 Å². The highest BCUT2D eigenvalue weighted by atomic mass is 16.3. The van der Waals surface area contributed by atoms with Crippen molar-refractivity contribution in [2.45, 2.75) is 65.3 Å². The number of aliphatic hydroxyl groups is 1. The Hall–Kier alpha value is -0.670. The number of aliphatic hydroxyl groups excluding tert-OH is 1. The van der Waals surface area contributed by atoms with E-state index in [0.29, 0.717) is 0 Å². The van der Waals surface area contributed by atoms with Crippen molar-refractivity contribution < 1.29 is 9.59 Å². The SMILES string of the molecule is CCC/C=C/CCCC1N=CC[N+]1(CC)C(C)O. The first-order valence-corrected chi connectivity index (χ1v) is 7.38. The van der Waals surface area contributed by atoms with Crippen LogP contribution in [0, 0.1) is 0 Å². The summed E-state index contributed by atoms with van der Waals surface area (Å²) in [7, 11) is 0. The lowest BCUT2D eigenvalue weighted by Gasteiger charge is -2.40. The number of quaternary nitrogens is 1. The number of hydrogen-bond acceptors (Lipinski definition) is 2. The van der Waals surface area contributed by atoms with Crippen molar-refractivity contribution in [1.29, 1.82) is 0 Å². The lowest BCUT2D eigenvalue weighted by atomic mass is 10.1. The van der Waals surface area contributed by atoms with Crippen LogP contribution in [0.1, 0.15) is 52.9 Å². The lowest BCUT2D eigenvalue weighted by Crippen LogP contribution is -2.57. The summed E-state index contributed by atoms with van der Waals surface area (Å²) in [5, 5.41) is 10.0. The number of nitrogens with zero attached hydrogens (tertiary/aromatic N) is 2. The minimum atomic E-state index is -0.321. The summed E-state index contributed by atoms with van der Waals surface area (Å²) >= 11 is 0. The molecule has 0 aliphatic carbocycles. The maximum Gasteiger partial charge on any atom is 0.189 e. The van der Waals surface area contributed by atoms with Crippen LogP contribution in [0.3, 0.4) is 0 Å². The second-order valence-electron chi connectivity index (χ2n) is 5.24. The molecule has 0 fully saturated rings. The maximum absolute atomic E-state index is 10.0. The van der Waals surface area contributed by atoms with E-state index in [1.165, 1.54) is 12.8 Å². The smallest absolute Gasteiger partial charge is 0.189 e. The molecule has 0 aromatic rings. The summed E-state index contributed by atoms with van der Waals surface area (Å²) < 4.78 is 0.721. The predicted molar refractivity (Wildman–Crippen MR) is 77.5 cm³/mol. The minimum Gasteiger partial charge on any atom is -0.345 e. The van der Waals surface area contributed by atoms with Gasteiger partial charge in [-0.25, -0.2) is 4.99 Å². The van der Waals surface area contributed by atoms with Gasteiger partial charge < -0.3 is 5.11 Å². The van der Waals surface area contributed by atoms with Crippen molar-refractivity contribution in [3.8, 4) is 0 Å². The molecule has 3 unspecified atom stereocenters. The summed E-state index contributed by atoms with van der Waals surface area (Å²) in [6, 6.07) is 0. The fraction of sp³-hybridized carbons (Fsp3) is 0.800. The molecule has 104 valence electrons. The Labute approximate surface area is 112 Å². The quantitative estimate of drug-likeness (QED) is 0.402. The van der Waals surface area contributed by atoms with Crippen LogP contribution in [0.2, 0.25) is 0 Å². The van der Waals surface area contributed by atoms with Crippen molar-refractivity contribution in [3.63, 3.8) is 0 Å². The third-order valence-corrected chi connectivity index (χ3v) is 4.08. The van der Waals surface area contributed by atoms with Gasteiger partial charge in [-0.05, 0) is 26.2 Å². The van der Waals surface area contributed by atoms with Gasteiger partial charge in [0.05, 0.1) is 12.8 Å². The Morgan fingerprint density at radius 3 is 2.72 bits per heavy atom. The molecule has 1 rings (SSSR count). The summed E-state index contributed by atoms with van der Waals surface area (Å²) in [5.41, 5.74) is 0. The molecule has 1 heterocycles. The molecule has 0 saturated carbocycles. The number of rotatable bonds is 8. The fourth-order valence-corrected chi connectivity index (χ4v) is 2.73. The zero-order valence-electron chi connectivity index (χ0n) is 12.2. The lowest BCUT2D eigenvalue weighted by molar-refractivity contribution is -0.976. The van der Waals surface area contributed by atoms with Crippen LogP contribution < -0.4 is 0 Å². The van der Waals surface area contributed by atoms with Crippen molar-refractivity contribution in [3.05, 3.63) is 12.2 Å². The van der Waals surface area contributed by atoms with E-state index in [1.54, 1.807) is 0 Å². The number of allylic oxidation sites excluding steroid dienone is 2. The largest absolute Gasteiger partial charge is 0.345 e. The highest BCUT2D eigenvalue weighted by molar-refractivity contribution is 5.60. The molecule has 0 radical (unpaired) electrons. The monoisotopic (exact) mass is 253 g/mol. The average Bonchev–Trinajstić information content (AvgIpc) is 2.77. The van der Waals surface area contributed by atoms with Gasteiger partial charge in [-0.15, -0.1) is 0 Å². The molecule has 3 atom stereocenters. The van der Waals surface area contributed by atoms with E-state index in [-0.39, 0.29) is 12.4 Å². The van der Waals surface area contributed by atoms with Crippen LogP contribution in [0.5, 0.6) is 0 Å². The van der Waals surface area contributed by atoms with Gasteiger partial charge >= 0.3 is 0 Å². The van der Waals surface area contributed by atoms with Crippen molar-refractivity contribution in [1.82, 2.24) is 0 Å². The standard InChI is InChI=1S/C15H29N2O/c1-4-6-7-8-9-10-11-15-16-12-13-17(15,5-2)14(3)18/h7-8,12,14-15,18H,4-6,9-11,13H2,1-3H3/q+1/b8-7+. The van der Waals surface area contributed by atoms with Gasteiger partial charge in [0.2, 0.25) is 0 Å². The van der Waals surface area contributed by atoms with E-state index in [9.17, 15) is 5.11 Å². The zero-order valence-corrected chi connectivity index (χ0v) is 12.2. The molecule has 1 aliphatic heterocycles. The van der Waals surface area contributed by atoms with Gasteiger partial charge in [-0.3, -0.25) is 4.48 Å². The Balaban J connectivity index is 2.38. The van der Waals surface area contributed by atoms with Gasteiger partial charge in [-0.2, -0.15) is 0 Å². The van der Waals surface area contributed by atoms with Crippen molar-refractivity contribution in [2.75, 3.05) is 13.1 Å². The summed E-state index contributed by atoms with van der Waals surface area (Å²) in [6.07, 6.45) is 12.3. The van der Waals surface area contributed by atoms with Crippen LogP contribution in [0.25, 0.3) is 0 Å². The normalized spacial score (nSPS) is 29.2. The summed E-state index contributed by atoms with van der Waals surface area (Å²) in [4.78, 5) is 4.58. The molecule has 0 saturated heterocycles. The molecular weight excluding hydrogens is 224 g/mol.